The molecular weight excluding hydrogens is 416 g/mol. The van der Waals surface area contributed by atoms with Crippen molar-refractivity contribution in [1.82, 2.24) is 19.5 Å². The molecule has 4 atom stereocenters. The summed E-state index contributed by atoms with van der Waals surface area (Å²) < 4.78 is 7.04. The maximum Gasteiger partial charge on any atom is 0.209 e. The Morgan fingerprint density at radius 2 is 1.97 bits per heavy atom. The fourth-order valence-corrected chi connectivity index (χ4v) is 3.36. The van der Waals surface area contributed by atoms with E-state index in [1.807, 2.05) is 12.1 Å². The summed E-state index contributed by atoms with van der Waals surface area (Å²) in [5.41, 5.74) is 4.88. The minimum atomic E-state index is -1.29. The Kier molecular flexibility index (Phi) is 6.28. The molecule has 0 amide bonds. The number of aliphatic hydroxyl groups excluding tert-OH is 3. The van der Waals surface area contributed by atoms with Gasteiger partial charge in [0, 0.05) is 5.56 Å². The molecule has 0 saturated carbocycles. The smallest absolute Gasteiger partial charge is 0.209 e. The fraction of sp³-hybridized carbons (Fsp3) is 0.333. The molecule has 4 unspecified atom stereocenters. The SMILES string of the molecule is CONc1nc(C#Cc2ccc(CC#N)cc2)nc2c1ncn2C1OC(CO)C(O)C1O. The molecule has 1 aliphatic heterocycles. The molecule has 0 bridgehead atoms. The molecule has 32 heavy (non-hydrogen) atoms. The highest BCUT2D eigenvalue weighted by atomic mass is 16.6. The number of ether oxygens (including phenoxy) is 1. The van der Waals surface area contributed by atoms with Crippen LogP contribution in [0.1, 0.15) is 23.2 Å². The van der Waals surface area contributed by atoms with E-state index in [-0.39, 0.29) is 11.6 Å². The predicted molar refractivity (Wildman–Crippen MR) is 111 cm³/mol. The van der Waals surface area contributed by atoms with E-state index in [1.165, 1.54) is 18.0 Å². The molecule has 0 spiro atoms. The molecule has 1 aliphatic rings. The van der Waals surface area contributed by atoms with Crippen LogP contribution < -0.4 is 5.48 Å². The Labute approximate surface area is 182 Å². The van der Waals surface area contributed by atoms with Crippen molar-refractivity contribution in [3.8, 4) is 17.9 Å². The Hall–Kier alpha value is -3.58. The van der Waals surface area contributed by atoms with Gasteiger partial charge in [-0.05, 0) is 23.6 Å². The van der Waals surface area contributed by atoms with Crippen molar-refractivity contribution >= 4 is 17.0 Å². The summed E-state index contributed by atoms with van der Waals surface area (Å²) in [5.74, 6) is 6.27. The van der Waals surface area contributed by atoms with Gasteiger partial charge in [-0.2, -0.15) is 10.2 Å². The van der Waals surface area contributed by atoms with Crippen LogP contribution in [0, 0.1) is 23.2 Å². The van der Waals surface area contributed by atoms with E-state index in [1.54, 1.807) is 12.1 Å². The van der Waals surface area contributed by atoms with Gasteiger partial charge in [0.15, 0.2) is 23.2 Å². The second-order valence-electron chi connectivity index (χ2n) is 7.04. The predicted octanol–water partition coefficient (Wildman–Crippen LogP) is -0.123. The van der Waals surface area contributed by atoms with Gasteiger partial charge in [0.25, 0.3) is 0 Å². The number of hydrogen-bond acceptors (Lipinski definition) is 10. The second kappa shape index (κ2) is 9.28. The highest BCUT2D eigenvalue weighted by Crippen LogP contribution is 2.32. The number of anilines is 1. The number of imidazole rings is 1. The number of aromatic nitrogens is 4. The zero-order chi connectivity index (χ0) is 22.7. The molecule has 4 N–H and O–H groups in total. The maximum atomic E-state index is 10.4. The first-order valence-electron chi connectivity index (χ1n) is 9.69. The molecular formula is C21H20N6O5. The lowest BCUT2D eigenvalue weighted by Gasteiger charge is -2.16. The zero-order valence-corrected chi connectivity index (χ0v) is 17.0. The van der Waals surface area contributed by atoms with Crippen LogP contribution in [0.25, 0.3) is 11.2 Å². The summed E-state index contributed by atoms with van der Waals surface area (Å²) in [6.07, 6.45) is -2.78. The van der Waals surface area contributed by atoms with Gasteiger partial charge in [-0.3, -0.25) is 9.40 Å². The lowest BCUT2D eigenvalue weighted by Crippen LogP contribution is -2.33. The lowest BCUT2D eigenvalue weighted by atomic mass is 10.1. The molecule has 11 nitrogen and oxygen atoms in total. The molecule has 0 radical (unpaired) electrons. The zero-order valence-electron chi connectivity index (χ0n) is 17.0. The summed E-state index contributed by atoms with van der Waals surface area (Å²) in [6.45, 7) is -0.448. The van der Waals surface area contributed by atoms with E-state index in [4.69, 9.17) is 14.8 Å². The quantitative estimate of drug-likeness (QED) is 0.314. The van der Waals surface area contributed by atoms with E-state index in [9.17, 15) is 15.3 Å². The van der Waals surface area contributed by atoms with Gasteiger partial charge in [-0.15, -0.1) is 0 Å². The standard InChI is InChI=1S/C21H20N6O5/c1-31-26-19-16-20(27(11-23-16)21-18(30)17(29)14(10-28)32-21)25-15(24-19)7-6-12-2-4-13(5-3-12)8-9-22/h2-5,11,14,17-18,21,28-30H,8,10H2,1H3,(H,24,25,26). The van der Waals surface area contributed by atoms with Gasteiger partial charge in [0.1, 0.15) is 18.3 Å². The van der Waals surface area contributed by atoms with Crippen LogP contribution in [0.4, 0.5) is 5.82 Å². The molecule has 11 heteroatoms. The fourth-order valence-electron chi connectivity index (χ4n) is 3.36. The molecule has 1 saturated heterocycles. The first-order valence-corrected chi connectivity index (χ1v) is 9.69. The van der Waals surface area contributed by atoms with E-state index >= 15 is 0 Å². The Bertz CT molecular complexity index is 1210. The van der Waals surface area contributed by atoms with Crippen molar-refractivity contribution in [2.75, 3.05) is 19.2 Å². The minimum Gasteiger partial charge on any atom is -0.394 e. The Balaban J connectivity index is 1.72. The Morgan fingerprint density at radius 3 is 2.62 bits per heavy atom. The molecule has 2 aromatic heterocycles. The highest BCUT2D eigenvalue weighted by Gasteiger charge is 2.44. The molecule has 164 valence electrons. The van der Waals surface area contributed by atoms with Crippen LogP contribution in [0.2, 0.25) is 0 Å². The van der Waals surface area contributed by atoms with Crippen molar-refractivity contribution in [1.29, 1.82) is 5.26 Å². The van der Waals surface area contributed by atoms with Crippen molar-refractivity contribution < 1.29 is 24.9 Å². The number of fused-ring (bicyclic) bond motifs is 1. The third kappa shape index (κ3) is 4.11. The number of nitrogens with one attached hydrogen (secondary N) is 1. The average molecular weight is 436 g/mol. The van der Waals surface area contributed by atoms with E-state index in [0.717, 1.165) is 5.56 Å². The third-order valence-electron chi connectivity index (χ3n) is 4.97. The van der Waals surface area contributed by atoms with Crippen molar-refractivity contribution in [2.45, 2.75) is 31.0 Å². The first-order chi connectivity index (χ1) is 15.5. The number of nitrogens with zero attached hydrogens (tertiary/aromatic N) is 5. The summed E-state index contributed by atoms with van der Waals surface area (Å²) >= 11 is 0. The number of rotatable bonds is 5. The van der Waals surface area contributed by atoms with E-state index in [0.29, 0.717) is 23.1 Å². The molecule has 3 aromatic rings. The van der Waals surface area contributed by atoms with Crippen molar-refractivity contribution in [3.05, 3.63) is 47.5 Å². The van der Waals surface area contributed by atoms with Crippen LogP contribution in [-0.2, 0) is 16.0 Å². The van der Waals surface area contributed by atoms with Crippen molar-refractivity contribution in [3.63, 3.8) is 0 Å². The van der Waals surface area contributed by atoms with Gasteiger partial charge in [0.2, 0.25) is 5.82 Å². The topological polar surface area (TPSA) is 159 Å². The second-order valence-corrected chi connectivity index (χ2v) is 7.04. The first kappa shape index (κ1) is 21.6. The van der Waals surface area contributed by atoms with Crippen LogP contribution in [0.5, 0.6) is 0 Å². The molecule has 3 heterocycles. The summed E-state index contributed by atoms with van der Waals surface area (Å²) in [6, 6.07) is 9.35. The van der Waals surface area contributed by atoms with Gasteiger partial charge in [-0.1, -0.05) is 18.1 Å². The van der Waals surface area contributed by atoms with Gasteiger partial charge >= 0.3 is 0 Å². The van der Waals surface area contributed by atoms with Crippen LogP contribution in [0.3, 0.4) is 0 Å². The number of aliphatic hydroxyl groups is 3. The monoisotopic (exact) mass is 436 g/mol. The molecule has 1 fully saturated rings. The number of nitriles is 1. The lowest BCUT2D eigenvalue weighted by molar-refractivity contribution is -0.0511. The number of benzene rings is 1. The van der Waals surface area contributed by atoms with Crippen LogP contribution >= 0.6 is 0 Å². The summed E-state index contributed by atoms with van der Waals surface area (Å²) in [4.78, 5) is 18.0. The average Bonchev–Trinajstić information content (AvgIpc) is 3.34. The largest absolute Gasteiger partial charge is 0.394 e. The summed E-state index contributed by atoms with van der Waals surface area (Å²) in [5, 5.41) is 38.6. The van der Waals surface area contributed by atoms with Crippen LogP contribution in [0.15, 0.2) is 30.6 Å². The van der Waals surface area contributed by atoms with E-state index < -0.39 is 31.1 Å². The third-order valence-corrected chi connectivity index (χ3v) is 4.97. The highest BCUT2D eigenvalue weighted by molar-refractivity contribution is 5.83. The van der Waals surface area contributed by atoms with Gasteiger partial charge in [-0.25, -0.2) is 15.4 Å². The molecule has 4 rings (SSSR count). The van der Waals surface area contributed by atoms with E-state index in [2.05, 4.69) is 38.3 Å². The molecule has 1 aromatic carbocycles. The van der Waals surface area contributed by atoms with Gasteiger partial charge in [0.05, 0.1) is 32.5 Å². The minimum absolute atomic E-state index is 0.159. The summed E-state index contributed by atoms with van der Waals surface area (Å²) in [7, 11) is 1.42. The maximum absolute atomic E-state index is 10.4. The molecule has 0 aliphatic carbocycles. The Morgan fingerprint density at radius 1 is 1.19 bits per heavy atom. The normalized spacial score (nSPS) is 22.3. The van der Waals surface area contributed by atoms with Crippen LogP contribution in [-0.4, -0.2) is 66.9 Å². The van der Waals surface area contributed by atoms with Crippen molar-refractivity contribution in [2.24, 2.45) is 0 Å². The van der Waals surface area contributed by atoms with Gasteiger partial charge < -0.3 is 20.1 Å². The number of hydrogen-bond donors (Lipinski definition) is 4.